The third kappa shape index (κ3) is 4.14. The Morgan fingerprint density at radius 2 is 2.06 bits per heavy atom. The van der Waals surface area contributed by atoms with Crippen molar-refractivity contribution in [1.29, 1.82) is 0 Å². The van der Waals surface area contributed by atoms with Crippen molar-refractivity contribution < 1.29 is 19.7 Å². The van der Waals surface area contributed by atoms with Crippen LogP contribution in [0.3, 0.4) is 0 Å². The zero-order chi connectivity index (χ0) is 13.7. The highest BCUT2D eigenvalue weighted by Crippen LogP contribution is 2.29. The van der Waals surface area contributed by atoms with Crippen molar-refractivity contribution >= 4 is 29.2 Å². The van der Waals surface area contributed by atoms with Gasteiger partial charge in [-0.2, -0.15) is 0 Å². The van der Waals surface area contributed by atoms with Crippen LogP contribution in [0, 0.1) is 0 Å². The summed E-state index contributed by atoms with van der Waals surface area (Å²) >= 11 is 11.6. The highest BCUT2D eigenvalue weighted by molar-refractivity contribution is 6.35. The molecule has 1 aromatic rings. The van der Waals surface area contributed by atoms with Gasteiger partial charge in [-0.1, -0.05) is 29.3 Å². The van der Waals surface area contributed by atoms with Gasteiger partial charge in [0.2, 0.25) is 0 Å². The first-order valence-electron chi connectivity index (χ1n) is 5.42. The number of rotatable bonds is 5. The van der Waals surface area contributed by atoms with Gasteiger partial charge in [0.1, 0.15) is 6.10 Å². The average molecular weight is 293 g/mol. The molecule has 0 fully saturated rings. The van der Waals surface area contributed by atoms with Crippen molar-refractivity contribution in [2.45, 2.75) is 25.6 Å². The van der Waals surface area contributed by atoms with Gasteiger partial charge in [-0.15, -0.1) is 0 Å². The first-order chi connectivity index (χ1) is 8.45. The van der Waals surface area contributed by atoms with E-state index in [1.54, 1.807) is 13.0 Å². The Labute approximate surface area is 115 Å². The Kier molecular flexibility index (Phi) is 5.88. The number of esters is 1. The minimum absolute atomic E-state index is 0.226. The van der Waals surface area contributed by atoms with E-state index in [1.807, 2.05) is 0 Å². The number of benzene rings is 1. The van der Waals surface area contributed by atoms with Gasteiger partial charge in [0.05, 0.1) is 19.1 Å². The summed E-state index contributed by atoms with van der Waals surface area (Å²) in [5, 5.41) is 20.3. The Hall–Kier alpha value is -0.810. The Morgan fingerprint density at radius 1 is 1.39 bits per heavy atom. The molecule has 0 aliphatic heterocycles. The van der Waals surface area contributed by atoms with Crippen LogP contribution in [0.2, 0.25) is 10.0 Å². The van der Waals surface area contributed by atoms with Crippen LogP contribution in [0.25, 0.3) is 0 Å². The molecule has 100 valence electrons. The maximum absolute atomic E-state index is 11.2. The van der Waals surface area contributed by atoms with Crippen LogP contribution in [-0.4, -0.2) is 28.9 Å². The van der Waals surface area contributed by atoms with Crippen LogP contribution in [0.5, 0.6) is 0 Å². The van der Waals surface area contributed by atoms with Crippen LogP contribution < -0.4 is 0 Å². The van der Waals surface area contributed by atoms with E-state index in [0.717, 1.165) is 0 Å². The molecule has 0 radical (unpaired) electrons. The maximum atomic E-state index is 11.2. The standard InChI is InChI=1S/C12H14Cl2O4/c1-2-18-11(16)6-10(15)12(17)8-4-3-7(13)5-9(8)14/h3-5,10,12,15,17H,2,6H2,1H3. The second kappa shape index (κ2) is 6.95. The van der Waals surface area contributed by atoms with Gasteiger partial charge in [0.15, 0.2) is 0 Å². The molecule has 0 aliphatic carbocycles. The minimum Gasteiger partial charge on any atom is -0.466 e. The van der Waals surface area contributed by atoms with Crippen molar-refractivity contribution in [3.63, 3.8) is 0 Å². The molecule has 0 aromatic heterocycles. The average Bonchev–Trinajstić information content (AvgIpc) is 2.28. The molecule has 4 nitrogen and oxygen atoms in total. The fourth-order valence-corrected chi connectivity index (χ4v) is 1.97. The molecular formula is C12H14Cl2O4. The molecule has 0 saturated heterocycles. The quantitative estimate of drug-likeness (QED) is 0.818. The van der Waals surface area contributed by atoms with E-state index < -0.39 is 18.2 Å². The van der Waals surface area contributed by atoms with Crippen LogP contribution >= 0.6 is 23.2 Å². The Balaban J connectivity index is 2.73. The van der Waals surface area contributed by atoms with E-state index in [0.29, 0.717) is 10.6 Å². The number of aliphatic hydroxyl groups excluding tert-OH is 2. The molecule has 18 heavy (non-hydrogen) atoms. The summed E-state index contributed by atoms with van der Waals surface area (Å²) in [7, 11) is 0. The van der Waals surface area contributed by atoms with Gasteiger partial charge in [-0.05, 0) is 19.1 Å². The lowest BCUT2D eigenvalue weighted by Gasteiger charge is -2.18. The largest absolute Gasteiger partial charge is 0.466 e. The lowest BCUT2D eigenvalue weighted by atomic mass is 10.0. The smallest absolute Gasteiger partial charge is 0.308 e. The van der Waals surface area contributed by atoms with Crippen molar-refractivity contribution in [2.75, 3.05) is 6.61 Å². The molecule has 1 aromatic carbocycles. The van der Waals surface area contributed by atoms with E-state index in [9.17, 15) is 15.0 Å². The second-order valence-corrected chi connectivity index (χ2v) is 4.53. The summed E-state index contributed by atoms with van der Waals surface area (Å²) in [6, 6.07) is 4.51. The molecule has 0 saturated carbocycles. The minimum atomic E-state index is -1.28. The van der Waals surface area contributed by atoms with Gasteiger partial charge in [0.25, 0.3) is 0 Å². The van der Waals surface area contributed by atoms with E-state index in [1.165, 1.54) is 12.1 Å². The van der Waals surface area contributed by atoms with Crippen molar-refractivity contribution in [1.82, 2.24) is 0 Å². The molecule has 0 spiro atoms. The van der Waals surface area contributed by atoms with Gasteiger partial charge in [-0.25, -0.2) is 0 Å². The van der Waals surface area contributed by atoms with E-state index in [2.05, 4.69) is 4.74 Å². The topological polar surface area (TPSA) is 66.8 Å². The molecule has 6 heteroatoms. The maximum Gasteiger partial charge on any atom is 0.308 e. The van der Waals surface area contributed by atoms with Crippen LogP contribution in [0.1, 0.15) is 25.0 Å². The number of aliphatic hydroxyl groups is 2. The highest BCUT2D eigenvalue weighted by Gasteiger charge is 2.23. The van der Waals surface area contributed by atoms with Crippen LogP contribution in [0.4, 0.5) is 0 Å². The molecule has 2 unspecified atom stereocenters. The number of halogens is 2. The van der Waals surface area contributed by atoms with Crippen molar-refractivity contribution in [3.05, 3.63) is 33.8 Å². The van der Waals surface area contributed by atoms with E-state index in [4.69, 9.17) is 23.2 Å². The summed E-state index contributed by atoms with van der Waals surface area (Å²) in [5.41, 5.74) is 0.317. The molecule has 0 bridgehead atoms. The predicted molar refractivity (Wildman–Crippen MR) is 68.7 cm³/mol. The Morgan fingerprint density at radius 3 is 2.61 bits per heavy atom. The number of hydrogen-bond donors (Lipinski definition) is 2. The van der Waals surface area contributed by atoms with E-state index >= 15 is 0 Å². The molecule has 0 aliphatic rings. The predicted octanol–water partition coefficient (Wildman–Crippen LogP) is 2.34. The molecule has 0 heterocycles. The van der Waals surface area contributed by atoms with Gasteiger partial charge in [-0.3, -0.25) is 4.79 Å². The number of carbonyl (C=O) groups is 1. The first kappa shape index (κ1) is 15.2. The third-order valence-electron chi connectivity index (χ3n) is 2.33. The van der Waals surface area contributed by atoms with Gasteiger partial charge in [0, 0.05) is 15.6 Å². The molecule has 1 rings (SSSR count). The summed E-state index contributed by atoms with van der Waals surface area (Å²) < 4.78 is 4.68. The molecule has 2 N–H and O–H groups in total. The second-order valence-electron chi connectivity index (χ2n) is 3.69. The van der Waals surface area contributed by atoms with Crippen molar-refractivity contribution in [2.24, 2.45) is 0 Å². The van der Waals surface area contributed by atoms with Gasteiger partial charge < -0.3 is 14.9 Å². The lowest BCUT2D eigenvalue weighted by molar-refractivity contribution is -0.147. The zero-order valence-corrected chi connectivity index (χ0v) is 11.3. The van der Waals surface area contributed by atoms with Crippen molar-refractivity contribution in [3.8, 4) is 0 Å². The van der Waals surface area contributed by atoms with Gasteiger partial charge >= 0.3 is 5.97 Å². The van der Waals surface area contributed by atoms with Crippen LogP contribution in [-0.2, 0) is 9.53 Å². The monoisotopic (exact) mass is 292 g/mol. The number of carbonyl (C=O) groups excluding carboxylic acids is 1. The summed E-state index contributed by atoms with van der Waals surface area (Å²) in [6.45, 7) is 1.89. The summed E-state index contributed by atoms with van der Waals surface area (Å²) in [4.78, 5) is 11.2. The number of ether oxygens (including phenoxy) is 1. The first-order valence-corrected chi connectivity index (χ1v) is 6.18. The van der Waals surface area contributed by atoms with E-state index in [-0.39, 0.29) is 18.1 Å². The number of hydrogen-bond acceptors (Lipinski definition) is 4. The molecular weight excluding hydrogens is 279 g/mol. The molecule has 2 atom stereocenters. The SMILES string of the molecule is CCOC(=O)CC(O)C(O)c1ccc(Cl)cc1Cl. The fourth-order valence-electron chi connectivity index (χ4n) is 1.45. The zero-order valence-electron chi connectivity index (χ0n) is 9.77. The highest BCUT2D eigenvalue weighted by atomic mass is 35.5. The summed E-state index contributed by atoms with van der Waals surface area (Å²) in [6.07, 6.45) is -2.84. The van der Waals surface area contributed by atoms with Crippen LogP contribution in [0.15, 0.2) is 18.2 Å². The normalized spacial score (nSPS) is 14.1. The molecule has 0 amide bonds. The lowest BCUT2D eigenvalue weighted by Crippen LogP contribution is -2.23. The summed E-state index contributed by atoms with van der Waals surface area (Å²) in [5.74, 6) is -0.575. The fraction of sp³-hybridized carbons (Fsp3) is 0.417. The third-order valence-corrected chi connectivity index (χ3v) is 2.89. The Bertz CT molecular complexity index is 423.